The lowest BCUT2D eigenvalue weighted by Gasteiger charge is -2.17. The maximum atomic E-state index is 11.4. The fourth-order valence-corrected chi connectivity index (χ4v) is 1.89. The van der Waals surface area contributed by atoms with Crippen molar-refractivity contribution in [2.45, 2.75) is 13.0 Å². The zero-order valence-electron chi connectivity index (χ0n) is 11.5. The van der Waals surface area contributed by atoms with Crippen LogP contribution in [0.1, 0.15) is 28.9 Å². The number of anilines is 2. The van der Waals surface area contributed by atoms with E-state index in [-0.39, 0.29) is 6.04 Å². The number of rotatable bonds is 4. The van der Waals surface area contributed by atoms with Crippen LogP contribution in [0, 0.1) is 0 Å². The number of carbonyl (C=O) groups is 1. The van der Waals surface area contributed by atoms with Crippen LogP contribution in [0.4, 0.5) is 11.4 Å². The van der Waals surface area contributed by atoms with E-state index in [0.29, 0.717) is 11.3 Å². The van der Waals surface area contributed by atoms with Crippen LogP contribution < -0.4 is 11.1 Å². The molecule has 0 bridgehead atoms. The van der Waals surface area contributed by atoms with Gasteiger partial charge in [0.05, 0.1) is 30.1 Å². The first-order valence-corrected chi connectivity index (χ1v) is 6.26. The third kappa shape index (κ3) is 3.06. The summed E-state index contributed by atoms with van der Waals surface area (Å²) in [6.45, 7) is 2.02. The molecule has 0 fully saturated rings. The Labute approximate surface area is 117 Å². The highest BCUT2D eigenvalue weighted by molar-refractivity contribution is 5.91. The number of aromatic nitrogens is 1. The number of hydrogen-bond acceptors (Lipinski definition) is 5. The van der Waals surface area contributed by atoms with Crippen LogP contribution in [-0.4, -0.2) is 18.1 Å². The van der Waals surface area contributed by atoms with Gasteiger partial charge < -0.3 is 15.8 Å². The van der Waals surface area contributed by atoms with Crippen molar-refractivity contribution in [3.05, 3.63) is 53.9 Å². The topological polar surface area (TPSA) is 77.2 Å². The molecule has 0 amide bonds. The summed E-state index contributed by atoms with van der Waals surface area (Å²) >= 11 is 0. The van der Waals surface area contributed by atoms with E-state index < -0.39 is 5.97 Å². The monoisotopic (exact) mass is 271 g/mol. The molecule has 0 spiro atoms. The SMILES string of the molecule is COC(=O)c1ccc(NC(C)c2cccnc2)c(N)c1. The van der Waals surface area contributed by atoms with E-state index >= 15 is 0 Å². The van der Waals surface area contributed by atoms with Crippen molar-refractivity contribution in [2.24, 2.45) is 0 Å². The highest BCUT2D eigenvalue weighted by Gasteiger charge is 2.10. The second-order valence-corrected chi connectivity index (χ2v) is 4.45. The molecule has 0 aliphatic rings. The number of hydrogen-bond donors (Lipinski definition) is 2. The molecule has 1 aromatic heterocycles. The lowest BCUT2D eigenvalue weighted by Crippen LogP contribution is -2.10. The molecule has 0 aliphatic heterocycles. The number of pyridine rings is 1. The summed E-state index contributed by atoms with van der Waals surface area (Å²) < 4.78 is 4.66. The Kier molecular flexibility index (Phi) is 4.20. The molecule has 0 radical (unpaired) electrons. The van der Waals surface area contributed by atoms with Crippen molar-refractivity contribution in [3.8, 4) is 0 Å². The fraction of sp³-hybridized carbons (Fsp3) is 0.200. The quantitative estimate of drug-likeness (QED) is 0.660. The van der Waals surface area contributed by atoms with E-state index in [4.69, 9.17) is 5.73 Å². The van der Waals surface area contributed by atoms with Gasteiger partial charge in [0.15, 0.2) is 0 Å². The van der Waals surface area contributed by atoms with E-state index in [0.717, 1.165) is 11.3 Å². The molecule has 5 heteroatoms. The Hall–Kier alpha value is -2.56. The standard InChI is InChI=1S/C15H17N3O2/c1-10(12-4-3-7-17-9-12)18-14-6-5-11(8-13(14)16)15(19)20-2/h3-10,18H,16H2,1-2H3. The first-order chi connectivity index (χ1) is 9.61. The molecule has 104 valence electrons. The molecule has 2 rings (SSSR count). The van der Waals surface area contributed by atoms with Gasteiger partial charge in [-0.3, -0.25) is 4.98 Å². The Morgan fingerprint density at radius 2 is 2.20 bits per heavy atom. The van der Waals surface area contributed by atoms with Crippen molar-refractivity contribution in [2.75, 3.05) is 18.2 Å². The molecule has 1 atom stereocenters. The van der Waals surface area contributed by atoms with Gasteiger partial charge in [-0.05, 0) is 36.8 Å². The summed E-state index contributed by atoms with van der Waals surface area (Å²) in [6, 6.07) is 9.00. The predicted octanol–water partition coefficient (Wildman–Crippen LogP) is 2.62. The van der Waals surface area contributed by atoms with Gasteiger partial charge >= 0.3 is 5.97 Å². The average molecular weight is 271 g/mol. The van der Waals surface area contributed by atoms with Gasteiger partial charge in [0, 0.05) is 12.4 Å². The number of nitrogens with two attached hydrogens (primary N) is 1. The molecule has 2 aromatic rings. The van der Waals surface area contributed by atoms with Crippen molar-refractivity contribution in [3.63, 3.8) is 0 Å². The molecule has 0 saturated carbocycles. The van der Waals surface area contributed by atoms with Crippen molar-refractivity contribution in [1.82, 2.24) is 4.98 Å². The van der Waals surface area contributed by atoms with Gasteiger partial charge in [0.2, 0.25) is 0 Å². The van der Waals surface area contributed by atoms with Crippen molar-refractivity contribution >= 4 is 17.3 Å². The van der Waals surface area contributed by atoms with Gasteiger partial charge in [-0.15, -0.1) is 0 Å². The maximum absolute atomic E-state index is 11.4. The number of benzene rings is 1. The summed E-state index contributed by atoms with van der Waals surface area (Å²) in [6.07, 6.45) is 3.53. The first-order valence-electron chi connectivity index (χ1n) is 6.26. The zero-order chi connectivity index (χ0) is 14.5. The zero-order valence-corrected chi connectivity index (χ0v) is 11.5. The largest absolute Gasteiger partial charge is 0.465 e. The minimum atomic E-state index is -0.399. The molecule has 1 aromatic carbocycles. The highest BCUT2D eigenvalue weighted by Crippen LogP contribution is 2.25. The van der Waals surface area contributed by atoms with Crippen LogP contribution in [0.15, 0.2) is 42.7 Å². The molecule has 1 heterocycles. The van der Waals surface area contributed by atoms with Crippen LogP contribution in [-0.2, 0) is 4.74 Å². The van der Waals surface area contributed by atoms with E-state index in [9.17, 15) is 4.79 Å². The van der Waals surface area contributed by atoms with Gasteiger partial charge in [-0.25, -0.2) is 4.79 Å². The summed E-state index contributed by atoms with van der Waals surface area (Å²) in [5, 5.41) is 3.29. The summed E-state index contributed by atoms with van der Waals surface area (Å²) in [4.78, 5) is 15.5. The van der Waals surface area contributed by atoms with Crippen LogP contribution in [0.2, 0.25) is 0 Å². The molecule has 1 unspecified atom stereocenters. The normalized spacial score (nSPS) is 11.7. The van der Waals surface area contributed by atoms with E-state index in [1.54, 1.807) is 30.6 Å². The van der Waals surface area contributed by atoms with E-state index in [1.165, 1.54) is 7.11 Å². The van der Waals surface area contributed by atoms with Gasteiger partial charge in [0.1, 0.15) is 0 Å². The summed E-state index contributed by atoms with van der Waals surface area (Å²) in [5.74, 6) is -0.399. The number of nitrogen functional groups attached to an aromatic ring is 1. The molecule has 3 N–H and O–H groups in total. The Bertz CT molecular complexity index is 599. The third-order valence-electron chi connectivity index (χ3n) is 3.03. The number of carbonyl (C=O) groups excluding carboxylic acids is 1. The van der Waals surface area contributed by atoms with Crippen LogP contribution in [0.25, 0.3) is 0 Å². The minimum absolute atomic E-state index is 0.0648. The highest BCUT2D eigenvalue weighted by atomic mass is 16.5. The van der Waals surface area contributed by atoms with E-state index in [1.807, 2.05) is 19.1 Å². The number of ether oxygens (including phenoxy) is 1. The molecule has 0 saturated heterocycles. The Balaban J connectivity index is 2.16. The summed E-state index contributed by atoms with van der Waals surface area (Å²) in [7, 11) is 1.34. The molecule has 20 heavy (non-hydrogen) atoms. The smallest absolute Gasteiger partial charge is 0.337 e. The number of esters is 1. The van der Waals surface area contributed by atoms with Gasteiger partial charge in [-0.2, -0.15) is 0 Å². The van der Waals surface area contributed by atoms with Gasteiger partial charge in [-0.1, -0.05) is 6.07 Å². The second-order valence-electron chi connectivity index (χ2n) is 4.45. The molecular formula is C15H17N3O2. The van der Waals surface area contributed by atoms with Gasteiger partial charge in [0.25, 0.3) is 0 Å². The van der Waals surface area contributed by atoms with Crippen LogP contribution in [0.5, 0.6) is 0 Å². The van der Waals surface area contributed by atoms with Crippen LogP contribution in [0.3, 0.4) is 0 Å². The number of nitrogens with one attached hydrogen (secondary N) is 1. The Morgan fingerprint density at radius 1 is 1.40 bits per heavy atom. The lowest BCUT2D eigenvalue weighted by atomic mass is 10.1. The average Bonchev–Trinajstić information content (AvgIpc) is 2.49. The van der Waals surface area contributed by atoms with Crippen LogP contribution >= 0.6 is 0 Å². The summed E-state index contributed by atoms with van der Waals surface area (Å²) in [5.41, 5.74) is 8.72. The van der Waals surface area contributed by atoms with Crippen molar-refractivity contribution < 1.29 is 9.53 Å². The van der Waals surface area contributed by atoms with E-state index in [2.05, 4.69) is 15.0 Å². The Morgan fingerprint density at radius 3 is 2.80 bits per heavy atom. The molecular weight excluding hydrogens is 254 g/mol. The number of nitrogens with zero attached hydrogens (tertiary/aromatic N) is 1. The minimum Gasteiger partial charge on any atom is -0.465 e. The predicted molar refractivity (Wildman–Crippen MR) is 78.5 cm³/mol. The fourth-order valence-electron chi connectivity index (χ4n) is 1.89. The maximum Gasteiger partial charge on any atom is 0.337 e. The second kappa shape index (κ2) is 6.06. The van der Waals surface area contributed by atoms with Crippen molar-refractivity contribution in [1.29, 1.82) is 0 Å². The first kappa shape index (κ1) is 13.9. The number of methoxy groups -OCH3 is 1. The molecule has 0 aliphatic carbocycles. The third-order valence-corrected chi connectivity index (χ3v) is 3.03. The molecule has 5 nitrogen and oxygen atoms in total. The lowest BCUT2D eigenvalue weighted by molar-refractivity contribution is 0.0601.